The summed E-state index contributed by atoms with van der Waals surface area (Å²) in [4.78, 5) is 25.5. The van der Waals surface area contributed by atoms with Crippen LogP contribution in [-0.4, -0.2) is 42.7 Å². The maximum absolute atomic E-state index is 12.7. The minimum Gasteiger partial charge on any atom is -0.466 e. The molecular formula is C15H20FNO3S. The molecular weight excluding hydrogens is 293 g/mol. The summed E-state index contributed by atoms with van der Waals surface area (Å²) in [6.45, 7) is 2.46. The van der Waals surface area contributed by atoms with Crippen LogP contribution >= 0.6 is 11.8 Å². The second-order valence-corrected chi connectivity index (χ2v) is 5.59. The summed E-state index contributed by atoms with van der Waals surface area (Å²) in [5.74, 6) is 0.0367. The third-order valence-corrected chi connectivity index (χ3v) is 3.79. The van der Waals surface area contributed by atoms with Gasteiger partial charge in [-0.3, -0.25) is 9.59 Å². The summed E-state index contributed by atoms with van der Waals surface area (Å²) in [6.07, 6.45) is 0.586. The van der Waals surface area contributed by atoms with Crippen LogP contribution in [0.3, 0.4) is 0 Å². The lowest BCUT2D eigenvalue weighted by Gasteiger charge is -2.16. The first kappa shape index (κ1) is 17.5. The number of esters is 1. The lowest BCUT2D eigenvalue weighted by molar-refractivity contribution is -0.143. The fourth-order valence-electron chi connectivity index (χ4n) is 1.59. The minimum atomic E-state index is -0.294. The van der Waals surface area contributed by atoms with Crippen molar-refractivity contribution in [1.82, 2.24) is 4.90 Å². The molecule has 21 heavy (non-hydrogen) atoms. The summed E-state index contributed by atoms with van der Waals surface area (Å²) < 4.78 is 17.5. The normalized spacial score (nSPS) is 10.2. The van der Waals surface area contributed by atoms with Gasteiger partial charge in [0, 0.05) is 30.7 Å². The number of carbonyl (C=O) groups is 2. The van der Waals surface area contributed by atoms with Crippen molar-refractivity contribution < 1.29 is 18.7 Å². The summed E-state index contributed by atoms with van der Waals surface area (Å²) in [7, 11) is 1.67. The molecule has 0 fully saturated rings. The van der Waals surface area contributed by atoms with E-state index in [0.29, 0.717) is 25.3 Å². The van der Waals surface area contributed by atoms with Crippen LogP contribution in [0.1, 0.15) is 19.8 Å². The molecule has 0 atom stereocenters. The Balaban J connectivity index is 2.23. The fourth-order valence-corrected chi connectivity index (χ4v) is 2.44. The number of hydrogen-bond acceptors (Lipinski definition) is 4. The molecule has 0 aliphatic rings. The summed E-state index contributed by atoms with van der Waals surface area (Å²) >= 11 is 1.50. The average Bonchev–Trinajstić information content (AvgIpc) is 2.47. The fraction of sp³-hybridized carbons (Fsp3) is 0.467. The zero-order valence-electron chi connectivity index (χ0n) is 12.3. The van der Waals surface area contributed by atoms with Crippen LogP contribution in [0.15, 0.2) is 29.2 Å². The Kier molecular flexibility index (Phi) is 7.82. The SMILES string of the molecule is CCOC(=O)CCN(C)C(=O)CCSc1ccc(F)cc1. The van der Waals surface area contributed by atoms with Gasteiger partial charge in [0.25, 0.3) is 0 Å². The largest absolute Gasteiger partial charge is 0.466 e. The van der Waals surface area contributed by atoms with Gasteiger partial charge in [0.15, 0.2) is 0 Å². The number of amides is 1. The number of halogens is 1. The van der Waals surface area contributed by atoms with Crippen molar-refractivity contribution in [3.05, 3.63) is 30.1 Å². The Labute approximate surface area is 128 Å². The number of rotatable bonds is 8. The maximum Gasteiger partial charge on any atom is 0.307 e. The molecule has 0 bridgehead atoms. The van der Waals surface area contributed by atoms with E-state index >= 15 is 0 Å². The predicted octanol–water partition coefficient (Wildman–Crippen LogP) is 2.72. The zero-order chi connectivity index (χ0) is 15.7. The number of hydrogen-bond donors (Lipinski definition) is 0. The number of benzene rings is 1. The van der Waals surface area contributed by atoms with E-state index in [4.69, 9.17) is 4.74 Å². The molecule has 0 aromatic heterocycles. The topological polar surface area (TPSA) is 46.6 Å². The van der Waals surface area contributed by atoms with Gasteiger partial charge in [0.2, 0.25) is 5.91 Å². The van der Waals surface area contributed by atoms with Crippen molar-refractivity contribution >= 4 is 23.6 Å². The van der Waals surface area contributed by atoms with Gasteiger partial charge in [-0.1, -0.05) is 0 Å². The van der Waals surface area contributed by atoms with Gasteiger partial charge >= 0.3 is 5.97 Å². The summed E-state index contributed by atoms with van der Waals surface area (Å²) in [6, 6.07) is 6.18. The van der Waals surface area contributed by atoms with E-state index in [-0.39, 0.29) is 24.1 Å². The van der Waals surface area contributed by atoms with Gasteiger partial charge in [0.05, 0.1) is 13.0 Å². The summed E-state index contributed by atoms with van der Waals surface area (Å²) in [5, 5.41) is 0. The van der Waals surface area contributed by atoms with Crippen molar-refractivity contribution in [2.75, 3.05) is 26.0 Å². The van der Waals surface area contributed by atoms with Crippen molar-refractivity contribution in [3.63, 3.8) is 0 Å². The highest BCUT2D eigenvalue weighted by atomic mass is 32.2. The molecule has 116 valence electrons. The van der Waals surface area contributed by atoms with Crippen LogP contribution in [0.2, 0.25) is 0 Å². The molecule has 1 aromatic rings. The van der Waals surface area contributed by atoms with Crippen molar-refractivity contribution in [2.45, 2.75) is 24.7 Å². The molecule has 6 heteroatoms. The van der Waals surface area contributed by atoms with E-state index < -0.39 is 0 Å². The zero-order valence-corrected chi connectivity index (χ0v) is 13.1. The lowest BCUT2D eigenvalue weighted by Crippen LogP contribution is -2.29. The highest BCUT2D eigenvalue weighted by Gasteiger charge is 2.11. The molecule has 0 saturated carbocycles. The molecule has 0 aliphatic carbocycles. The first-order valence-corrected chi connectivity index (χ1v) is 7.79. The van der Waals surface area contributed by atoms with E-state index in [2.05, 4.69) is 0 Å². The molecule has 0 spiro atoms. The Bertz CT molecular complexity index is 464. The Morgan fingerprint density at radius 1 is 1.24 bits per heavy atom. The highest BCUT2D eigenvalue weighted by Crippen LogP contribution is 2.19. The average molecular weight is 313 g/mol. The monoisotopic (exact) mass is 313 g/mol. The first-order chi connectivity index (χ1) is 10.0. The number of nitrogens with zero attached hydrogens (tertiary/aromatic N) is 1. The van der Waals surface area contributed by atoms with E-state index in [1.54, 1.807) is 26.1 Å². The van der Waals surface area contributed by atoms with Crippen LogP contribution in [0.4, 0.5) is 4.39 Å². The van der Waals surface area contributed by atoms with E-state index in [1.165, 1.54) is 28.8 Å². The molecule has 0 saturated heterocycles. The van der Waals surface area contributed by atoms with Gasteiger partial charge in [-0.2, -0.15) is 0 Å². The van der Waals surface area contributed by atoms with Gasteiger partial charge in [0.1, 0.15) is 5.82 Å². The predicted molar refractivity (Wildman–Crippen MR) is 80.6 cm³/mol. The van der Waals surface area contributed by atoms with Crippen LogP contribution in [0.5, 0.6) is 0 Å². The second-order valence-electron chi connectivity index (χ2n) is 4.42. The van der Waals surface area contributed by atoms with Crippen molar-refractivity contribution in [3.8, 4) is 0 Å². The minimum absolute atomic E-state index is 0.0195. The molecule has 0 heterocycles. The van der Waals surface area contributed by atoms with Crippen molar-refractivity contribution in [2.24, 2.45) is 0 Å². The third-order valence-electron chi connectivity index (χ3n) is 2.78. The molecule has 1 rings (SSSR count). The number of ether oxygens (including phenoxy) is 1. The quantitative estimate of drug-likeness (QED) is 0.547. The molecule has 0 N–H and O–H groups in total. The van der Waals surface area contributed by atoms with Crippen LogP contribution < -0.4 is 0 Å². The smallest absolute Gasteiger partial charge is 0.307 e. The maximum atomic E-state index is 12.7. The van der Waals surface area contributed by atoms with E-state index in [0.717, 1.165) is 4.90 Å². The Hall–Kier alpha value is -1.56. The van der Waals surface area contributed by atoms with Gasteiger partial charge in [-0.15, -0.1) is 11.8 Å². The van der Waals surface area contributed by atoms with Crippen molar-refractivity contribution in [1.29, 1.82) is 0 Å². The van der Waals surface area contributed by atoms with Crippen LogP contribution in [0, 0.1) is 5.82 Å². The van der Waals surface area contributed by atoms with E-state index in [1.807, 2.05) is 0 Å². The third kappa shape index (κ3) is 7.13. The van der Waals surface area contributed by atoms with Crippen LogP contribution in [-0.2, 0) is 14.3 Å². The Morgan fingerprint density at radius 2 is 1.90 bits per heavy atom. The first-order valence-electron chi connectivity index (χ1n) is 6.81. The number of thioether (sulfide) groups is 1. The standard InChI is InChI=1S/C15H20FNO3S/c1-3-20-15(19)8-10-17(2)14(18)9-11-21-13-6-4-12(16)5-7-13/h4-7H,3,8-11H2,1-2H3. The molecule has 4 nitrogen and oxygen atoms in total. The Morgan fingerprint density at radius 3 is 2.52 bits per heavy atom. The molecule has 0 unspecified atom stereocenters. The molecule has 1 aromatic carbocycles. The molecule has 1 amide bonds. The summed E-state index contributed by atoms with van der Waals surface area (Å²) in [5.41, 5.74) is 0. The lowest BCUT2D eigenvalue weighted by atomic mass is 10.3. The van der Waals surface area contributed by atoms with Gasteiger partial charge < -0.3 is 9.64 Å². The van der Waals surface area contributed by atoms with Crippen LogP contribution in [0.25, 0.3) is 0 Å². The molecule has 0 radical (unpaired) electrons. The number of carbonyl (C=O) groups excluding carboxylic acids is 2. The molecule has 0 aliphatic heterocycles. The highest BCUT2D eigenvalue weighted by molar-refractivity contribution is 7.99. The second kappa shape index (κ2) is 9.39. The van der Waals surface area contributed by atoms with Gasteiger partial charge in [-0.25, -0.2) is 4.39 Å². The van der Waals surface area contributed by atoms with E-state index in [9.17, 15) is 14.0 Å². The van der Waals surface area contributed by atoms with Gasteiger partial charge in [-0.05, 0) is 31.2 Å².